The molecular weight excluding hydrogens is 861 g/mol. The molecule has 0 fully saturated rings. The highest BCUT2D eigenvalue weighted by molar-refractivity contribution is 6.17. The van der Waals surface area contributed by atoms with E-state index in [2.05, 4.69) is 262 Å². The van der Waals surface area contributed by atoms with Crippen LogP contribution in [0.25, 0.3) is 133 Å². The van der Waals surface area contributed by atoms with Gasteiger partial charge in [0.15, 0.2) is 0 Å². The first-order valence-electron chi connectivity index (χ1n) is 24.8. The van der Waals surface area contributed by atoms with E-state index >= 15 is 0 Å². The van der Waals surface area contributed by atoms with Crippen LogP contribution in [0.2, 0.25) is 0 Å². The van der Waals surface area contributed by atoms with Crippen LogP contribution in [0.15, 0.2) is 231 Å². The third-order valence-corrected chi connectivity index (χ3v) is 15.4. The summed E-state index contributed by atoms with van der Waals surface area (Å²) in [6, 6.07) is 83.1. The first-order valence-corrected chi connectivity index (χ1v) is 24.8. The number of fused-ring (bicyclic) bond motifs is 12. The second kappa shape index (κ2) is 15.4. The summed E-state index contributed by atoms with van der Waals surface area (Å²) in [6.07, 6.45) is 6.72. The fourth-order valence-electron chi connectivity index (χ4n) is 12.2. The summed E-state index contributed by atoms with van der Waals surface area (Å²) in [5.41, 5.74) is 22.0. The summed E-state index contributed by atoms with van der Waals surface area (Å²) in [6.45, 7) is 0. The van der Waals surface area contributed by atoms with Gasteiger partial charge >= 0.3 is 0 Å². The third kappa shape index (κ3) is 5.98. The molecule has 10 aromatic carbocycles. The Morgan fingerprint density at radius 2 is 0.845 bits per heavy atom. The molecule has 4 aromatic heterocycles. The van der Waals surface area contributed by atoms with E-state index in [9.17, 15) is 0 Å². The van der Waals surface area contributed by atoms with E-state index in [1.807, 2.05) is 0 Å². The van der Waals surface area contributed by atoms with Crippen LogP contribution in [0.4, 0.5) is 0 Å². The minimum absolute atomic E-state index is 1.03. The number of allylic oxidation sites excluding steroid dienone is 1. The third-order valence-electron chi connectivity index (χ3n) is 15.4. The van der Waals surface area contributed by atoms with E-state index in [4.69, 9.17) is 0 Å². The van der Waals surface area contributed by atoms with Gasteiger partial charge in [-0.3, -0.25) is 0 Å². The van der Waals surface area contributed by atoms with Gasteiger partial charge in [0.2, 0.25) is 0 Å². The van der Waals surface area contributed by atoms with Crippen LogP contribution in [0.3, 0.4) is 0 Å². The van der Waals surface area contributed by atoms with Crippen molar-refractivity contribution in [1.29, 1.82) is 0 Å². The quantitative estimate of drug-likeness (QED) is 0.158. The van der Waals surface area contributed by atoms with E-state index in [-0.39, 0.29) is 0 Å². The highest BCUT2D eigenvalue weighted by Gasteiger charge is 2.21. The Hall–Kier alpha value is -9.12. The standard InChI is InChI=1S/C67H46N4/c1-68-59-37-35-46(44-17-12-16-43(38-44)45-18-13-19-48(39-45)69-60-28-7-2-22-52(60)53-23-3-8-29-61(53)69)40-58(59)56-36-34-47(41-66(56)68)51-27-15-33-65-67(51)57-26-6-11-32-64(57)71(65)50-21-14-20-49(42-50)70-62-30-9-4-24-54(62)55-25-5-10-31-63(55)70/h2-9,11-30,32-42H,10,31H2,1H3. The lowest BCUT2D eigenvalue weighted by Gasteiger charge is -2.15. The van der Waals surface area contributed by atoms with Crippen LogP contribution in [-0.2, 0) is 13.5 Å². The fraction of sp³-hybridized carbons (Fsp3) is 0.0448. The number of nitrogens with zero attached hydrogens (tertiary/aromatic N) is 4. The second-order valence-electron chi connectivity index (χ2n) is 19.2. The van der Waals surface area contributed by atoms with Crippen molar-refractivity contribution in [2.75, 3.05) is 0 Å². The monoisotopic (exact) mass is 906 g/mol. The second-order valence-corrected chi connectivity index (χ2v) is 19.2. The van der Waals surface area contributed by atoms with Gasteiger partial charge in [0, 0.05) is 84.1 Å². The highest BCUT2D eigenvalue weighted by Crippen LogP contribution is 2.42. The molecule has 0 amide bonds. The van der Waals surface area contributed by atoms with Gasteiger partial charge in [-0.1, -0.05) is 152 Å². The van der Waals surface area contributed by atoms with Gasteiger partial charge in [-0.15, -0.1) is 0 Å². The van der Waals surface area contributed by atoms with Crippen molar-refractivity contribution in [3.63, 3.8) is 0 Å². The largest absolute Gasteiger partial charge is 0.344 e. The van der Waals surface area contributed by atoms with Gasteiger partial charge in [0.05, 0.1) is 27.6 Å². The molecule has 4 nitrogen and oxygen atoms in total. The van der Waals surface area contributed by atoms with Gasteiger partial charge in [-0.25, -0.2) is 0 Å². The first-order chi connectivity index (χ1) is 35.1. The average molecular weight is 907 g/mol. The molecule has 0 aliphatic heterocycles. The van der Waals surface area contributed by atoms with Crippen molar-refractivity contribution < 1.29 is 0 Å². The summed E-state index contributed by atoms with van der Waals surface area (Å²) in [7, 11) is 2.21. The molecule has 4 heteroatoms. The summed E-state index contributed by atoms with van der Waals surface area (Å²) in [4.78, 5) is 0. The molecular formula is C67H46N4. The van der Waals surface area contributed by atoms with E-state index in [0.717, 1.165) is 24.2 Å². The first kappa shape index (κ1) is 39.8. The number of para-hydroxylation sites is 4. The Morgan fingerprint density at radius 1 is 0.324 bits per heavy atom. The maximum atomic E-state index is 2.49. The Bertz CT molecular complexity index is 4490. The molecule has 0 spiro atoms. The van der Waals surface area contributed by atoms with E-state index in [0.29, 0.717) is 0 Å². The van der Waals surface area contributed by atoms with Crippen LogP contribution in [0, 0.1) is 0 Å². The normalized spacial score (nSPS) is 12.7. The van der Waals surface area contributed by atoms with Gasteiger partial charge in [0.1, 0.15) is 0 Å². The maximum Gasteiger partial charge on any atom is 0.0547 e. The van der Waals surface area contributed by atoms with Crippen LogP contribution in [0.5, 0.6) is 0 Å². The van der Waals surface area contributed by atoms with E-state index < -0.39 is 0 Å². The zero-order valence-corrected chi connectivity index (χ0v) is 39.2. The minimum Gasteiger partial charge on any atom is -0.344 e. The van der Waals surface area contributed by atoms with Crippen molar-refractivity contribution in [2.24, 2.45) is 7.05 Å². The molecule has 0 unspecified atom stereocenters. The molecule has 4 heterocycles. The van der Waals surface area contributed by atoms with Crippen molar-refractivity contribution in [2.45, 2.75) is 12.8 Å². The van der Waals surface area contributed by atoms with Crippen molar-refractivity contribution in [3.8, 4) is 50.4 Å². The van der Waals surface area contributed by atoms with Gasteiger partial charge in [-0.2, -0.15) is 0 Å². The predicted molar refractivity (Wildman–Crippen MR) is 300 cm³/mol. The van der Waals surface area contributed by atoms with Gasteiger partial charge < -0.3 is 18.3 Å². The smallest absolute Gasteiger partial charge is 0.0547 e. The molecule has 0 N–H and O–H groups in total. The van der Waals surface area contributed by atoms with Crippen LogP contribution in [-0.4, -0.2) is 18.3 Å². The highest BCUT2D eigenvalue weighted by atomic mass is 15.0. The Morgan fingerprint density at radius 3 is 1.59 bits per heavy atom. The molecule has 14 aromatic rings. The summed E-state index contributed by atoms with van der Waals surface area (Å²) >= 11 is 0. The number of aryl methyl sites for hydroxylation is 1. The molecule has 0 radical (unpaired) electrons. The van der Waals surface area contributed by atoms with Crippen molar-refractivity contribution in [1.82, 2.24) is 18.3 Å². The zero-order valence-electron chi connectivity index (χ0n) is 39.2. The molecule has 1 aliphatic rings. The molecule has 1 aliphatic carbocycles. The Labute approximate surface area is 410 Å². The summed E-state index contributed by atoms with van der Waals surface area (Å²) in [5, 5.41) is 8.88. The number of rotatable bonds is 6. The SMILES string of the molecule is Cn1c2ccc(-c3cccc(-c4cccc(-n5c6ccccc6c6ccccc65)c4)c3)cc2c2ccc(-c3cccc4c3c3ccccc3n4-c3cccc(-n4c5c(c6ccccc64)C=CCC5)c3)cc21. The van der Waals surface area contributed by atoms with Crippen molar-refractivity contribution >= 4 is 82.4 Å². The lowest BCUT2D eigenvalue weighted by molar-refractivity contribution is 0.888. The maximum absolute atomic E-state index is 2.49. The lowest BCUT2D eigenvalue weighted by Crippen LogP contribution is -2.04. The predicted octanol–water partition coefficient (Wildman–Crippen LogP) is 17.4. The molecule has 0 saturated carbocycles. The Kier molecular flexibility index (Phi) is 8.67. The van der Waals surface area contributed by atoms with Crippen LogP contribution < -0.4 is 0 Å². The number of hydrogen-bond donors (Lipinski definition) is 0. The van der Waals surface area contributed by atoms with Gasteiger partial charge in [0.25, 0.3) is 0 Å². The van der Waals surface area contributed by atoms with Crippen LogP contribution in [0.1, 0.15) is 17.7 Å². The number of aromatic nitrogens is 4. The summed E-state index contributed by atoms with van der Waals surface area (Å²) < 4.78 is 9.71. The lowest BCUT2D eigenvalue weighted by atomic mass is 9.96. The molecule has 0 bridgehead atoms. The fourth-order valence-corrected chi connectivity index (χ4v) is 12.2. The average Bonchev–Trinajstić information content (AvgIpc) is 4.15. The molecule has 334 valence electrons. The van der Waals surface area contributed by atoms with E-state index in [1.165, 1.54) is 127 Å². The zero-order chi connectivity index (χ0) is 46.7. The molecule has 0 saturated heterocycles. The molecule has 15 rings (SSSR count). The van der Waals surface area contributed by atoms with Crippen LogP contribution >= 0.6 is 0 Å². The summed E-state index contributed by atoms with van der Waals surface area (Å²) in [5.74, 6) is 0. The molecule has 0 atom stereocenters. The Balaban J connectivity index is 0.811. The topological polar surface area (TPSA) is 19.7 Å². The van der Waals surface area contributed by atoms with Crippen molar-refractivity contribution in [3.05, 3.63) is 242 Å². The number of benzene rings is 10. The minimum atomic E-state index is 1.03. The van der Waals surface area contributed by atoms with Gasteiger partial charge in [-0.05, 0) is 131 Å². The van der Waals surface area contributed by atoms with E-state index in [1.54, 1.807) is 0 Å². The molecule has 71 heavy (non-hydrogen) atoms. The number of hydrogen-bond acceptors (Lipinski definition) is 0.